The van der Waals surface area contributed by atoms with Crippen LogP contribution in [0.1, 0.15) is 12.5 Å². The van der Waals surface area contributed by atoms with Gasteiger partial charge in [0.1, 0.15) is 10.5 Å². The summed E-state index contributed by atoms with van der Waals surface area (Å²) in [7, 11) is -2.98. The fourth-order valence-corrected chi connectivity index (χ4v) is 3.63. The van der Waals surface area contributed by atoms with Crippen LogP contribution < -0.4 is 24.9 Å². The Bertz CT molecular complexity index is 1230. The molecule has 2 aromatic rings. The molecule has 0 atom stereocenters. The van der Waals surface area contributed by atoms with Crippen LogP contribution in [0.15, 0.2) is 52.9 Å². The average molecular weight is 459 g/mol. The van der Waals surface area contributed by atoms with E-state index < -0.39 is 28.0 Å². The van der Waals surface area contributed by atoms with Gasteiger partial charge in [-0.3, -0.25) is 25.0 Å². The summed E-state index contributed by atoms with van der Waals surface area (Å²) < 4.78 is 35.7. The molecule has 1 fully saturated rings. The molecule has 166 valence electrons. The summed E-state index contributed by atoms with van der Waals surface area (Å²) in [4.78, 5) is 45.9. The Balaban J connectivity index is 1.91. The molecule has 0 aromatic heterocycles. The first-order valence-electron chi connectivity index (χ1n) is 8.97. The maximum Gasteiger partial charge on any atom is 0.339 e. The number of hydrogen-bond acceptors (Lipinski definition) is 8. The summed E-state index contributed by atoms with van der Waals surface area (Å²) in [6, 6.07) is 8.48. The van der Waals surface area contributed by atoms with Crippen LogP contribution in [0.4, 0.5) is 10.5 Å². The Kier molecular flexibility index (Phi) is 6.25. The number of carbonyl (C=O) groups is 4. The van der Waals surface area contributed by atoms with Crippen molar-refractivity contribution in [3.05, 3.63) is 53.6 Å². The number of barbiturate groups is 1. The van der Waals surface area contributed by atoms with Crippen molar-refractivity contribution in [1.29, 1.82) is 0 Å². The first kappa shape index (κ1) is 22.5. The second-order valence-electron chi connectivity index (χ2n) is 6.45. The number of amides is 5. The number of urea groups is 1. The van der Waals surface area contributed by atoms with E-state index in [1.807, 2.05) is 10.6 Å². The summed E-state index contributed by atoms with van der Waals surface area (Å²) in [5.74, 6) is -2.22. The van der Waals surface area contributed by atoms with Crippen LogP contribution in [0.5, 0.6) is 11.5 Å². The minimum absolute atomic E-state index is 0.0818. The van der Waals surface area contributed by atoms with Gasteiger partial charge in [-0.1, -0.05) is 6.07 Å². The third kappa shape index (κ3) is 5.10. The average Bonchev–Trinajstić information content (AvgIpc) is 2.70. The van der Waals surface area contributed by atoms with E-state index in [0.717, 1.165) is 6.08 Å². The zero-order chi connectivity index (χ0) is 23.5. The minimum Gasteiger partial charge on any atom is -0.493 e. The van der Waals surface area contributed by atoms with Crippen molar-refractivity contribution in [3.8, 4) is 11.5 Å². The first-order valence-corrected chi connectivity index (χ1v) is 10.4. The molecule has 0 saturated carbocycles. The molecule has 1 saturated heterocycles. The molecule has 0 aliphatic carbocycles. The van der Waals surface area contributed by atoms with Crippen LogP contribution in [0, 0.1) is 0 Å². The molecule has 0 bridgehead atoms. The number of benzene rings is 2. The monoisotopic (exact) mass is 459 g/mol. The van der Waals surface area contributed by atoms with Crippen molar-refractivity contribution in [1.82, 2.24) is 10.6 Å². The maximum atomic E-state index is 12.7. The lowest BCUT2D eigenvalue weighted by Gasteiger charge is -2.15. The summed E-state index contributed by atoms with van der Waals surface area (Å²) in [5.41, 5.74) is 0.300. The molecule has 1 heterocycles. The molecule has 5 amide bonds. The number of anilines is 1. The van der Waals surface area contributed by atoms with Gasteiger partial charge in [-0.15, -0.1) is 0 Å². The zero-order valence-electron chi connectivity index (χ0n) is 16.8. The number of carbonyl (C=O) groups excluding carboxylic acids is 4. The van der Waals surface area contributed by atoms with Crippen molar-refractivity contribution in [2.45, 2.75) is 11.8 Å². The highest BCUT2D eigenvalue weighted by Crippen LogP contribution is 2.32. The molecule has 0 unspecified atom stereocenters. The van der Waals surface area contributed by atoms with Crippen molar-refractivity contribution >= 4 is 45.6 Å². The van der Waals surface area contributed by atoms with Crippen molar-refractivity contribution in [2.24, 2.45) is 0 Å². The molecule has 11 nitrogen and oxygen atoms in total. The van der Waals surface area contributed by atoms with Gasteiger partial charge in [0.15, 0.2) is 11.5 Å². The van der Waals surface area contributed by atoms with Crippen LogP contribution in [0.25, 0.3) is 6.08 Å². The SMILES string of the molecule is COc1ccc(C=C2C(=O)NC(=O)NC2=O)cc1OS(=O)(=O)c1ccc(NC(C)=O)cc1. The van der Waals surface area contributed by atoms with Gasteiger partial charge in [0.2, 0.25) is 5.91 Å². The molecule has 1 aliphatic heterocycles. The van der Waals surface area contributed by atoms with Crippen molar-refractivity contribution in [2.75, 3.05) is 12.4 Å². The van der Waals surface area contributed by atoms with E-state index >= 15 is 0 Å². The number of imide groups is 2. The van der Waals surface area contributed by atoms with Crippen molar-refractivity contribution < 1.29 is 36.5 Å². The Morgan fingerprint density at radius 1 is 0.969 bits per heavy atom. The van der Waals surface area contributed by atoms with E-state index in [9.17, 15) is 27.6 Å². The van der Waals surface area contributed by atoms with Crippen LogP contribution in [-0.2, 0) is 24.5 Å². The van der Waals surface area contributed by atoms with E-state index in [-0.39, 0.29) is 33.4 Å². The smallest absolute Gasteiger partial charge is 0.339 e. The molecule has 12 heteroatoms. The Labute approximate surface area is 182 Å². The number of rotatable bonds is 6. The summed E-state index contributed by atoms with van der Waals surface area (Å²) in [6.07, 6.45) is 1.16. The number of hydrogen-bond donors (Lipinski definition) is 3. The highest BCUT2D eigenvalue weighted by molar-refractivity contribution is 7.87. The largest absolute Gasteiger partial charge is 0.493 e. The Hall–Kier alpha value is -4.19. The van der Waals surface area contributed by atoms with Gasteiger partial charge in [0, 0.05) is 12.6 Å². The third-order valence-electron chi connectivity index (χ3n) is 4.10. The van der Waals surface area contributed by atoms with E-state index in [1.165, 1.54) is 56.5 Å². The van der Waals surface area contributed by atoms with Gasteiger partial charge in [-0.05, 0) is 48.0 Å². The Morgan fingerprint density at radius 2 is 1.59 bits per heavy atom. The number of nitrogens with one attached hydrogen (secondary N) is 3. The molecular weight excluding hydrogens is 442 g/mol. The first-order chi connectivity index (χ1) is 15.1. The molecule has 1 aliphatic rings. The van der Waals surface area contributed by atoms with Crippen molar-refractivity contribution in [3.63, 3.8) is 0 Å². The molecule has 3 N–H and O–H groups in total. The zero-order valence-corrected chi connectivity index (χ0v) is 17.6. The molecular formula is C20H17N3O8S. The molecule has 0 radical (unpaired) electrons. The van der Waals surface area contributed by atoms with Crippen LogP contribution in [0.2, 0.25) is 0 Å². The van der Waals surface area contributed by atoms with Gasteiger partial charge >= 0.3 is 16.1 Å². The Morgan fingerprint density at radius 3 is 2.16 bits per heavy atom. The molecule has 0 spiro atoms. The lowest BCUT2D eigenvalue weighted by atomic mass is 10.1. The van der Waals surface area contributed by atoms with Crippen LogP contribution in [-0.4, -0.2) is 39.3 Å². The quantitative estimate of drug-likeness (QED) is 0.330. The van der Waals surface area contributed by atoms with Gasteiger partial charge < -0.3 is 14.2 Å². The highest BCUT2D eigenvalue weighted by atomic mass is 32.2. The fourth-order valence-electron chi connectivity index (χ4n) is 2.70. The summed E-state index contributed by atoms with van der Waals surface area (Å²) in [6.45, 7) is 1.32. The molecule has 2 aromatic carbocycles. The summed E-state index contributed by atoms with van der Waals surface area (Å²) >= 11 is 0. The lowest BCUT2D eigenvalue weighted by molar-refractivity contribution is -0.124. The van der Waals surface area contributed by atoms with Crippen LogP contribution >= 0.6 is 0 Å². The predicted molar refractivity (Wildman–Crippen MR) is 111 cm³/mol. The maximum absolute atomic E-state index is 12.7. The van der Waals surface area contributed by atoms with Gasteiger partial charge in [-0.25, -0.2) is 4.79 Å². The van der Waals surface area contributed by atoms with E-state index in [1.54, 1.807) is 0 Å². The normalized spacial score (nSPS) is 13.7. The lowest BCUT2D eigenvalue weighted by Crippen LogP contribution is -2.51. The third-order valence-corrected chi connectivity index (χ3v) is 5.35. The van der Waals surface area contributed by atoms with E-state index in [4.69, 9.17) is 8.92 Å². The summed E-state index contributed by atoms with van der Waals surface area (Å²) in [5, 5.41) is 6.39. The highest BCUT2D eigenvalue weighted by Gasteiger charge is 2.28. The van der Waals surface area contributed by atoms with E-state index in [0.29, 0.717) is 5.69 Å². The predicted octanol–water partition coefficient (Wildman–Crippen LogP) is 1.17. The molecule has 32 heavy (non-hydrogen) atoms. The minimum atomic E-state index is -4.29. The van der Waals surface area contributed by atoms with Crippen LogP contribution in [0.3, 0.4) is 0 Å². The van der Waals surface area contributed by atoms with E-state index in [2.05, 4.69) is 5.32 Å². The second kappa shape index (κ2) is 8.89. The van der Waals surface area contributed by atoms with Gasteiger partial charge in [0.05, 0.1) is 7.11 Å². The van der Waals surface area contributed by atoms with Gasteiger partial charge in [0.25, 0.3) is 11.8 Å². The standard InChI is InChI=1S/C20H17N3O8S/c1-11(24)21-13-4-6-14(7-5-13)32(28,29)31-17-10-12(3-8-16(17)30-2)9-15-18(25)22-20(27)23-19(15)26/h3-10H,1-2H3,(H,21,24)(H2,22,23,25,26,27). The number of methoxy groups -OCH3 is 1. The second-order valence-corrected chi connectivity index (χ2v) is 8.00. The topological polar surface area (TPSA) is 157 Å². The number of ether oxygens (including phenoxy) is 1. The molecule has 3 rings (SSSR count). The van der Waals surface area contributed by atoms with Gasteiger partial charge in [-0.2, -0.15) is 8.42 Å². The fraction of sp³-hybridized carbons (Fsp3) is 0.100.